The molecule has 4 rings (SSSR count). The van der Waals surface area contributed by atoms with Crippen LogP contribution in [0.3, 0.4) is 0 Å². The van der Waals surface area contributed by atoms with E-state index in [1.165, 1.54) is 12.1 Å². The molecular weight excluding hydrogens is 416 g/mol. The average molecular weight is 432 g/mol. The van der Waals surface area contributed by atoms with Gasteiger partial charge in [-0.1, -0.05) is 18.2 Å². The van der Waals surface area contributed by atoms with Crippen LogP contribution in [-0.4, -0.2) is 43.6 Å². The van der Waals surface area contributed by atoms with Crippen molar-refractivity contribution in [3.63, 3.8) is 0 Å². The Kier molecular flexibility index (Phi) is 5.17. The van der Waals surface area contributed by atoms with Crippen molar-refractivity contribution in [3.05, 3.63) is 65.4 Å². The molecule has 0 spiro atoms. The Morgan fingerprint density at radius 1 is 1.16 bits per heavy atom. The van der Waals surface area contributed by atoms with Gasteiger partial charge in [0.15, 0.2) is 5.82 Å². The topological polar surface area (TPSA) is 88.5 Å². The van der Waals surface area contributed by atoms with Gasteiger partial charge in [-0.15, -0.1) is 0 Å². The second kappa shape index (κ2) is 7.82. The predicted octanol–water partition coefficient (Wildman–Crippen LogP) is 3.38. The van der Waals surface area contributed by atoms with Crippen molar-refractivity contribution in [3.8, 4) is 11.4 Å². The van der Waals surface area contributed by atoms with Gasteiger partial charge in [0.25, 0.3) is 5.91 Å². The van der Waals surface area contributed by atoms with Gasteiger partial charge in [-0.2, -0.15) is 27.8 Å². The minimum Gasteiger partial charge on any atom is -0.343 e. The molecule has 0 aliphatic rings. The Balaban J connectivity index is 1.50. The molecule has 0 aliphatic carbocycles. The minimum atomic E-state index is -4.47. The van der Waals surface area contributed by atoms with Gasteiger partial charge in [0, 0.05) is 24.6 Å². The van der Waals surface area contributed by atoms with Gasteiger partial charge in [0.2, 0.25) is 5.95 Å². The van der Waals surface area contributed by atoms with E-state index in [-0.39, 0.29) is 5.56 Å². The Morgan fingerprint density at radius 3 is 2.61 bits per heavy atom. The highest BCUT2D eigenvalue weighted by Crippen LogP contribution is 2.21. The van der Waals surface area contributed by atoms with E-state index in [9.17, 15) is 22.4 Å². The van der Waals surface area contributed by atoms with Crippen molar-refractivity contribution in [2.24, 2.45) is 7.05 Å². The molecule has 0 unspecified atom stereocenters. The van der Waals surface area contributed by atoms with Crippen LogP contribution >= 0.6 is 0 Å². The summed E-state index contributed by atoms with van der Waals surface area (Å²) < 4.78 is 52.0. The van der Waals surface area contributed by atoms with E-state index in [4.69, 9.17) is 0 Å². The second-order valence-corrected chi connectivity index (χ2v) is 6.92. The molecule has 0 bridgehead atoms. The van der Waals surface area contributed by atoms with Crippen LogP contribution in [-0.2, 0) is 13.5 Å². The van der Waals surface area contributed by atoms with E-state index in [0.717, 1.165) is 5.56 Å². The predicted molar refractivity (Wildman–Crippen MR) is 104 cm³/mol. The molecule has 0 saturated heterocycles. The van der Waals surface area contributed by atoms with Gasteiger partial charge < -0.3 is 5.32 Å². The van der Waals surface area contributed by atoms with Crippen LogP contribution < -0.4 is 5.32 Å². The standard InChI is InChI=1S/C20H16F4N6O/c1-30-16(9-11-2-7-15-14(8-11)17(21)28-27-15)26-18(29-30)12-3-5-13(6-4-12)19(31)25-10-20(22,23)24/h2-8H,9-10H2,1H3,(H,25,31)(H,27,28). The quantitative estimate of drug-likeness (QED) is 0.474. The number of H-pyrrole nitrogens is 1. The van der Waals surface area contributed by atoms with E-state index >= 15 is 0 Å². The van der Waals surface area contributed by atoms with Crippen LogP contribution in [0.15, 0.2) is 42.5 Å². The number of aryl methyl sites for hydroxylation is 1. The minimum absolute atomic E-state index is 0.0968. The van der Waals surface area contributed by atoms with Crippen molar-refractivity contribution >= 4 is 16.8 Å². The summed E-state index contributed by atoms with van der Waals surface area (Å²) in [7, 11) is 1.72. The summed E-state index contributed by atoms with van der Waals surface area (Å²) in [4.78, 5) is 16.3. The number of halogens is 4. The molecule has 0 radical (unpaired) electrons. The lowest BCUT2D eigenvalue weighted by Crippen LogP contribution is -2.33. The van der Waals surface area contributed by atoms with E-state index in [0.29, 0.717) is 34.5 Å². The highest BCUT2D eigenvalue weighted by atomic mass is 19.4. The molecular formula is C20H16F4N6O. The van der Waals surface area contributed by atoms with Gasteiger partial charge in [-0.05, 0) is 29.8 Å². The van der Waals surface area contributed by atoms with E-state index < -0.39 is 24.6 Å². The summed E-state index contributed by atoms with van der Waals surface area (Å²) in [6.45, 7) is -1.40. The van der Waals surface area contributed by atoms with E-state index in [2.05, 4.69) is 20.3 Å². The van der Waals surface area contributed by atoms with Gasteiger partial charge in [0.1, 0.15) is 12.4 Å². The number of alkyl halides is 3. The Labute approximate surface area is 173 Å². The number of rotatable bonds is 5. The number of nitrogens with one attached hydrogen (secondary N) is 2. The first kappa shape index (κ1) is 20.5. The molecule has 31 heavy (non-hydrogen) atoms. The third-order valence-corrected chi connectivity index (χ3v) is 4.64. The van der Waals surface area contributed by atoms with Gasteiger partial charge in [-0.3, -0.25) is 14.6 Å². The van der Waals surface area contributed by atoms with Crippen molar-refractivity contribution in [1.82, 2.24) is 30.3 Å². The maximum absolute atomic E-state index is 13.7. The third kappa shape index (κ3) is 4.55. The largest absolute Gasteiger partial charge is 0.405 e. The fourth-order valence-corrected chi connectivity index (χ4v) is 3.06. The molecule has 0 fully saturated rings. The number of hydrogen-bond donors (Lipinski definition) is 2. The Bertz CT molecular complexity index is 1240. The molecule has 7 nitrogen and oxygen atoms in total. The highest BCUT2D eigenvalue weighted by Gasteiger charge is 2.27. The molecule has 0 aliphatic heterocycles. The lowest BCUT2D eigenvalue weighted by molar-refractivity contribution is -0.123. The van der Waals surface area contributed by atoms with Gasteiger partial charge in [0.05, 0.1) is 10.9 Å². The summed E-state index contributed by atoms with van der Waals surface area (Å²) in [5.41, 5.74) is 2.05. The number of carbonyl (C=O) groups excluding carboxylic acids is 1. The third-order valence-electron chi connectivity index (χ3n) is 4.64. The molecule has 0 atom stereocenters. The van der Waals surface area contributed by atoms with Gasteiger partial charge >= 0.3 is 6.18 Å². The molecule has 2 N–H and O–H groups in total. The number of amides is 1. The fraction of sp³-hybridized carbons (Fsp3) is 0.200. The average Bonchev–Trinajstić information content (AvgIpc) is 3.28. The molecule has 2 aromatic carbocycles. The lowest BCUT2D eigenvalue weighted by Gasteiger charge is -2.08. The van der Waals surface area contributed by atoms with Crippen molar-refractivity contribution < 1.29 is 22.4 Å². The van der Waals surface area contributed by atoms with E-state index in [1.54, 1.807) is 36.0 Å². The van der Waals surface area contributed by atoms with Crippen LogP contribution in [0.5, 0.6) is 0 Å². The first-order valence-electron chi connectivity index (χ1n) is 9.17. The number of nitrogens with zero attached hydrogens (tertiary/aromatic N) is 4. The molecule has 160 valence electrons. The van der Waals surface area contributed by atoms with Crippen LogP contribution in [0.2, 0.25) is 0 Å². The number of hydrogen-bond acceptors (Lipinski definition) is 4. The summed E-state index contributed by atoms with van der Waals surface area (Å²) in [5.74, 6) is -0.296. The zero-order valence-electron chi connectivity index (χ0n) is 16.2. The number of carbonyl (C=O) groups is 1. The monoisotopic (exact) mass is 432 g/mol. The molecule has 4 aromatic rings. The van der Waals surface area contributed by atoms with Crippen LogP contribution in [0.4, 0.5) is 17.6 Å². The first-order valence-corrected chi connectivity index (χ1v) is 9.17. The molecule has 0 saturated carbocycles. The summed E-state index contributed by atoms with van der Waals surface area (Å²) in [6.07, 6.45) is -4.07. The molecule has 2 aromatic heterocycles. The van der Waals surface area contributed by atoms with E-state index in [1.807, 2.05) is 11.4 Å². The highest BCUT2D eigenvalue weighted by molar-refractivity contribution is 5.94. The van der Waals surface area contributed by atoms with Crippen LogP contribution in [0.25, 0.3) is 22.3 Å². The number of fused-ring (bicyclic) bond motifs is 1. The number of aromatic amines is 1. The summed E-state index contributed by atoms with van der Waals surface area (Å²) in [6, 6.07) is 11.2. The van der Waals surface area contributed by atoms with Crippen LogP contribution in [0.1, 0.15) is 21.7 Å². The number of benzene rings is 2. The SMILES string of the molecule is Cn1nc(-c2ccc(C(=O)NCC(F)(F)F)cc2)nc1Cc1ccc2n[nH]c(F)c2c1. The fourth-order valence-electron chi connectivity index (χ4n) is 3.06. The van der Waals surface area contributed by atoms with Crippen molar-refractivity contribution in [1.29, 1.82) is 0 Å². The normalized spacial score (nSPS) is 11.8. The summed E-state index contributed by atoms with van der Waals surface area (Å²) >= 11 is 0. The zero-order valence-corrected chi connectivity index (χ0v) is 16.2. The zero-order chi connectivity index (χ0) is 22.2. The second-order valence-electron chi connectivity index (χ2n) is 6.92. The number of aromatic nitrogens is 5. The summed E-state index contributed by atoms with van der Waals surface area (Å²) in [5, 5.41) is 12.7. The molecule has 1 amide bonds. The molecule has 2 heterocycles. The van der Waals surface area contributed by atoms with Crippen molar-refractivity contribution in [2.45, 2.75) is 12.6 Å². The molecule has 11 heteroatoms. The lowest BCUT2D eigenvalue weighted by atomic mass is 10.1. The maximum Gasteiger partial charge on any atom is 0.405 e. The first-order chi connectivity index (χ1) is 14.7. The van der Waals surface area contributed by atoms with Crippen LogP contribution in [0, 0.1) is 5.95 Å². The van der Waals surface area contributed by atoms with Gasteiger partial charge in [-0.25, -0.2) is 4.98 Å². The maximum atomic E-state index is 13.7. The van der Waals surface area contributed by atoms with Crippen molar-refractivity contribution in [2.75, 3.05) is 6.54 Å². The Morgan fingerprint density at radius 2 is 1.90 bits per heavy atom. The smallest absolute Gasteiger partial charge is 0.343 e. The Hall–Kier alpha value is -3.76.